The van der Waals surface area contributed by atoms with Crippen LogP contribution in [0, 0.1) is 0 Å². The molecule has 2 heterocycles. The van der Waals surface area contributed by atoms with E-state index in [9.17, 15) is 40.5 Å². The van der Waals surface area contributed by atoms with E-state index < -0.39 is 54.6 Å². The third-order valence-corrected chi connectivity index (χ3v) is 5.40. The molecule has 7 N–H and O–H groups in total. The molecule has 0 aliphatic carbocycles. The van der Waals surface area contributed by atoms with Gasteiger partial charge in [0.25, 0.3) is 5.79 Å². The molecule has 0 saturated carbocycles. The summed E-state index contributed by atoms with van der Waals surface area (Å²) in [6, 6.07) is 7.99. The normalized spacial score (nSPS) is 31.8. The number of aromatic hydroxyl groups is 2. The quantitative estimate of drug-likeness (QED) is 0.289. The van der Waals surface area contributed by atoms with Gasteiger partial charge in [0.1, 0.15) is 53.0 Å². The fourth-order valence-corrected chi connectivity index (χ4v) is 3.68. The topological polar surface area (TPSA) is 186 Å². The van der Waals surface area contributed by atoms with Crippen molar-refractivity contribution in [3.63, 3.8) is 0 Å². The van der Waals surface area contributed by atoms with Crippen LogP contribution in [0.5, 0.6) is 23.0 Å². The number of phenolic OH excluding ortho intramolecular Hbond substituents is 2. The highest BCUT2D eigenvalue weighted by molar-refractivity contribution is 6.08. The van der Waals surface area contributed by atoms with E-state index in [1.165, 1.54) is 30.3 Å². The number of hydrogen-bond acceptors (Lipinski definition) is 11. The Balaban J connectivity index is 1.56. The van der Waals surface area contributed by atoms with Crippen LogP contribution in [0.1, 0.15) is 15.9 Å². The average Bonchev–Trinajstić information content (AvgIpc) is 3.00. The molecule has 2 aromatic rings. The molecule has 6 atom stereocenters. The lowest BCUT2D eigenvalue weighted by molar-refractivity contribution is -0.277. The van der Waals surface area contributed by atoms with Gasteiger partial charge in [0, 0.05) is 18.6 Å². The third kappa shape index (κ3) is 3.86. The maximum absolute atomic E-state index is 12.7. The molecule has 2 aromatic carbocycles. The van der Waals surface area contributed by atoms with Gasteiger partial charge >= 0.3 is 0 Å². The highest BCUT2D eigenvalue weighted by Crippen LogP contribution is 2.43. The van der Waals surface area contributed by atoms with Crippen LogP contribution in [0.25, 0.3) is 0 Å². The van der Waals surface area contributed by atoms with Crippen LogP contribution < -0.4 is 9.47 Å². The zero-order valence-corrected chi connectivity index (χ0v) is 16.5. The van der Waals surface area contributed by atoms with Gasteiger partial charge in [0.2, 0.25) is 12.1 Å². The first-order valence-corrected chi connectivity index (χ1v) is 9.71. The van der Waals surface area contributed by atoms with Crippen LogP contribution in [0.15, 0.2) is 36.4 Å². The van der Waals surface area contributed by atoms with Crippen molar-refractivity contribution >= 4 is 5.78 Å². The van der Waals surface area contributed by atoms with Gasteiger partial charge in [-0.2, -0.15) is 0 Å². The fourth-order valence-electron chi connectivity index (χ4n) is 3.68. The Morgan fingerprint density at radius 2 is 1.69 bits per heavy atom. The van der Waals surface area contributed by atoms with Gasteiger partial charge in [-0.3, -0.25) is 4.79 Å². The summed E-state index contributed by atoms with van der Waals surface area (Å²) >= 11 is 0. The molecule has 11 nitrogen and oxygen atoms in total. The van der Waals surface area contributed by atoms with Crippen LogP contribution in [-0.4, -0.2) is 84.6 Å². The summed E-state index contributed by atoms with van der Waals surface area (Å²) in [5.41, 5.74) is 0.219. The highest BCUT2D eigenvalue weighted by atomic mass is 16.7. The first-order valence-electron chi connectivity index (χ1n) is 9.71. The molecule has 2 aliphatic rings. The van der Waals surface area contributed by atoms with Crippen molar-refractivity contribution in [1.82, 2.24) is 0 Å². The highest BCUT2D eigenvalue weighted by Gasteiger charge is 2.49. The molecule has 0 aromatic heterocycles. The number of phenols is 2. The number of carbonyl (C=O) groups is 1. The Bertz CT molecular complexity index is 1010. The van der Waals surface area contributed by atoms with E-state index in [1.807, 2.05) is 0 Å². The second-order valence-electron chi connectivity index (χ2n) is 7.69. The monoisotopic (exact) mass is 450 g/mol. The van der Waals surface area contributed by atoms with Gasteiger partial charge in [0.15, 0.2) is 0 Å². The van der Waals surface area contributed by atoms with Crippen LogP contribution >= 0.6 is 0 Å². The summed E-state index contributed by atoms with van der Waals surface area (Å²) < 4.78 is 16.1. The molecule has 3 unspecified atom stereocenters. The van der Waals surface area contributed by atoms with Crippen molar-refractivity contribution in [2.45, 2.75) is 42.9 Å². The van der Waals surface area contributed by atoms with Crippen molar-refractivity contribution < 1.29 is 54.8 Å². The Hall–Kier alpha value is -2.93. The zero-order valence-electron chi connectivity index (χ0n) is 16.5. The Morgan fingerprint density at radius 1 is 1.00 bits per heavy atom. The largest absolute Gasteiger partial charge is 0.508 e. The minimum Gasteiger partial charge on any atom is -0.508 e. The molecule has 0 radical (unpaired) electrons. The number of aliphatic hydroxyl groups is 5. The van der Waals surface area contributed by atoms with E-state index >= 15 is 0 Å². The second kappa shape index (κ2) is 8.20. The summed E-state index contributed by atoms with van der Waals surface area (Å²) in [5, 5.41) is 69.6. The number of aliphatic hydroxyl groups excluding tert-OH is 4. The van der Waals surface area contributed by atoms with Gasteiger partial charge in [-0.05, 0) is 17.7 Å². The van der Waals surface area contributed by atoms with E-state index in [1.54, 1.807) is 0 Å². The Labute approximate surface area is 181 Å². The van der Waals surface area contributed by atoms with Crippen molar-refractivity contribution in [2.75, 3.05) is 6.61 Å². The van der Waals surface area contributed by atoms with Gasteiger partial charge in [-0.15, -0.1) is 0 Å². The number of hydrogen-bond donors (Lipinski definition) is 7. The molecule has 0 amide bonds. The van der Waals surface area contributed by atoms with Gasteiger partial charge in [-0.1, -0.05) is 12.1 Å². The predicted molar refractivity (Wildman–Crippen MR) is 104 cm³/mol. The number of fused-ring (bicyclic) bond motifs is 1. The van der Waals surface area contributed by atoms with Crippen LogP contribution in [0.4, 0.5) is 0 Å². The van der Waals surface area contributed by atoms with Crippen molar-refractivity contribution in [3.05, 3.63) is 47.5 Å². The SMILES string of the molecule is O=C1c2c(O)cc(O[C@@H]3OC(CO)[C@@H](O)[C@H](O)C3O)cc2OC1(O)Cc1ccc(O)cc1. The number of ketones is 1. The molecule has 172 valence electrons. The number of Topliss-reactive ketones (excluding diaryl/α,β-unsaturated/α-hetero) is 1. The number of rotatable bonds is 5. The van der Waals surface area contributed by atoms with Crippen molar-refractivity contribution in [3.8, 4) is 23.0 Å². The summed E-state index contributed by atoms with van der Waals surface area (Å²) in [6.07, 6.45) is -7.90. The van der Waals surface area contributed by atoms with E-state index in [2.05, 4.69) is 0 Å². The second-order valence-corrected chi connectivity index (χ2v) is 7.69. The number of ether oxygens (including phenoxy) is 3. The standard InChI is InChI=1S/C21H22O11/c22-8-14-16(25)17(26)18(27)20(31-14)30-11-5-12(24)15-13(6-11)32-21(29,19(15)28)7-9-1-3-10(23)4-2-9/h1-6,14,16-18,20,22-27,29H,7-8H2/t14?,16-,17+,18?,20-,21?/m1/s1. The van der Waals surface area contributed by atoms with Gasteiger partial charge in [0.05, 0.1) is 6.61 Å². The summed E-state index contributed by atoms with van der Waals surface area (Å²) in [6.45, 7) is -0.651. The van der Waals surface area contributed by atoms with E-state index in [4.69, 9.17) is 14.2 Å². The molecule has 1 saturated heterocycles. The molecule has 0 spiro atoms. The first-order chi connectivity index (χ1) is 15.1. The first kappa shape index (κ1) is 22.3. The van der Waals surface area contributed by atoms with Crippen LogP contribution in [0.2, 0.25) is 0 Å². The minimum absolute atomic E-state index is 0.00956. The smallest absolute Gasteiger partial charge is 0.277 e. The van der Waals surface area contributed by atoms with E-state index in [0.717, 1.165) is 6.07 Å². The Kier molecular flexibility index (Phi) is 5.71. The molecule has 0 bridgehead atoms. The molecule has 32 heavy (non-hydrogen) atoms. The maximum Gasteiger partial charge on any atom is 0.277 e. The van der Waals surface area contributed by atoms with Crippen molar-refractivity contribution in [1.29, 1.82) is 0 Å². The van der Waals surface area contributed by atoms with E-state index in [0.29, 0.717) is 5.56 Å². The van der Waals surface area contributed by atoms with Crippen LogP contribution in [-0.2, 0) is 11.2 Å². The molecule has 11 heteroatoms. The molecular weight excluding hydrogens is 428 g/mol. The fraction of sp³-hybridized carbons (Fsp3) is 0.381. The number of benzene rings is 2. The maximum atomic E-state index is 12.7. The van der Waals surface area contributed by atoms with E-state index in [-0.39, 0.29) is 29.2 Å². The summed E-state index contributed by atoms with van der Waals surface area (Å²) in [5.74, 6) is -4.05. The minimum atomic E-state index is -2.31. The molecule has 2 aliphatic heterocycles. The number of carbonyl (C=O) groups excluding carboxylic acids is 1. The third-order valence-electron chi connectivity index (χ3n) is 5.40. The van der Waals surface area contributed by atoms with Gasteiger partial charge < -0.3 is 50.0 Å². The zero-order chi connectivity index (χ0) is 23.2. The predicted octanol–water partition coefficient (Wildman–Crippen LogP) is -1.22. The van der Waals surface area contributed by atoms with Crippen LogP contribution in [0.3, 0.4) is 0 Å². The molecular formula is C21H22O11. The van der Waals surface area contributed by atoms with Crippen molar-refractivity contribution in [2.24, 2.45) is 0 Å². The molecule has 4 rings (SSSR count). The Morgan fingerprint density at radius 3 is 2.34 bits per heavy atom. The lowest BCUT2D eigenvalue weighted by Gasteiger charge is -2.39. The molecule has 1 fully saturated rings. The average molecular weight is 450 g/mol. The lowest BCUT2D eigenvalue weighted by atomic mass is 9.98. The summed E-state index contributed by atoms with van der Waals surface area (Å²) in [7, 11) is 0. The van der Waals surface area contributed by atoms with Gasteiger partial charge in [-0.25, -0.2) is 0 Å². The summed E-state index contributed by atoms with van der Waals surface area (Å²) in [4.78, 5) is 12.7. The lowest BCUT2D eigenvalue weighted by Crippen LogP contribution is -2.60.